The van der Waals surface area contributed by atoms with Gasteiger partial charge in [0.25, 0.3) is 0 Å². The van der Waals surface area contributed by atoms with Gasteiger partial charge in [0.15, 0.2) is 0 Å². The van der Waals surface area contributed by atoms with Crippen LogP contribution >= 0.6 is 0 Å². The number of nitrogens with zero attached hydrogens (tertiary/aromatic N) is 2. The van der Waals surface area contributed by atoms with Crippen molar-refractivity contribution >= 4 is 11.6 Å². The molecule has 0 aliphatic heterocycles. The Bertz CT molecular complexity index is 796. The lowest BCUT2D eigenvalue weighted by Gasteiger charge is -2.11. The molecule has 0 aliphatic rings. The van der Waals surface area contributed by atoms with Crippen molar-refractivity contribution in [3.05, 3.63) is 72.2 Å². The second-order valence-corrected chi connectivity index (χ2v) is 5.16. The third-order valence-corrected chi connectivity index (χ3v) is 3.40. The van der Waals surface area contributed by atoms with Gasteiger partial charge in [0.1, 0.15) is 5.83 Å². The van der Waals surface area contributed by atoms with Crippen molar-refractivity contribution in [3.8, 4) is 11.3 Å². The fraction of sp³-hybridized carbons (Fsp3) is 0.111. The van der Waals surface area contributed by atoms with Gasteiger partial charge in [-0.25, -0.2) is 14.4 Å². The number of allylic oxidation sites excluding steroid dienone is 5. The number of anilines is 2. The lowest BCUT2D eigenvalue weighted by Crippen LogP contribution is -2.09. The van der Waals surface area contributed by atoms with Gasteiger partial charge in [0.2, 0.25) is 5.95 Å². The minimum Gasteiger partial charge on any atom is -0.368 e. The van der Waals surface area contributed by atoms with Crippen LogP contribution in [0.1, 0.15) is 12.5 Å². The van der Waals surface area contributed by atoms with Crippen molar-refractivity contribution in [2.45, 2.75) is 13.3 Å². The van der Waals surface area contributed by atoms with Gasteiger partial charge >= 0.3 is 0 Å². The number of nitrogens with two attached hydrogens (primary N) is 2. The molecular weight excluding hydrogens is 305 g/mol. The lowest BCUT2D eigenvalue weighted by molar-refractivity contribution is 0.664. The first-order chi connectivity index (χ1) is 11.5. The summed E-state index contributed by atoms with van der Waals surface area (Å²) in [5.74, 6) is 5.48. The van der Waals surface area contributed by atoms with Crippen LogP contribution < -0.4 is 17.0 Å². The van der Waals surface area contributed by atoms with E-state index >= 15 is 0 Å². The Balaban J connectivity index is 2.29. The number of nitrogen functional groups attached to an aromatic ring is 2. The molecule has 0 unspecified atom stereocenters. The molecule has 0 aliphatic carbocycles. The summed E-state index contributed by atoms with van der Waals surface area (Å²) in [6.07, 6.45) is 6.53. The predicted molar refractivity (Wildman–Crippen MR) is 96.5 cm³/mol. The smallest absolute Gasteiger partial charge is 0.220 e. The number of hydrogen-bond donors (Lipinski definition) is 3. The first-order valence-electron chi connectivity index (χ1n) is 7.39. The second kappa shape index (κ2) is 8.03. The van der Waals surface area contributed by atoms with Crippen LogP contribution in [0.5, 0.6) is 0 Å². The van der Waals surface area contributed by atoms with Gasteiger partial charge < -0.3 is 11.2 Å². The summed E-state index contributed by atoms with van der Waals surface area (Å²) in [6.45, 7) is 5.59. The molecular formula is C18H20FN5. The summed E-state index contributed by atoms with van der Waals surface area (Å²) in [5.41, 5.74) is 12.3. The molecule has 0 saturated heterocycles. The SMILES string of the molecule is C=C(/C=C\C(F)=C/C)Cc1cc(-c2ccnc(N)n2)ccc1NN. The number of benzene rings is 1. The summed E-state index contributed by atoms with van der Waals surface area (Å²) in [4.78, 5) is 8.10. The molecule has 1 heterocycles. The molecule has 1 aromatic heterocycles. The zero-order valence-electron chi connectivity index (χ0n) is 13.5. The molecule has 5 nitrogen and oxygen atoms in total. The average Bonchev–Trinajstić information content (AvgIpc) is 2.59. The van der Waals surface area contributed by atoms with Gasteiger partial charge in [-0.1, -0.05) is 30.4 Å². The van der Waals surface area contributed by atoms with Gasteiger partial charge in [-0.15, -0.1) is 0 Å². The maximum atomic E-state index is 13.2. The Morgan fingerprint density at radius 3 is 2.79 bits per heavy atom. The quantitative estimate of drug-likeness (QED) is 0.429. The number of nitrogens with one attached hydrogen (secondary N) is 1. The Morgan fingerprint density at radius 2 is 2.12 bits per heavy atom. The number of hydrogen-bond acceptors (Lipinski definition) is 5. The van der Waals surface area contributed by atoms with Crippen molar-refractivity contribution in [2.24, 2.45) is 5.84 Å². The number of hydrazine groups is 1. The van der Waals surface area contributed by atoms with Crippen LogP contribution in [0.25, 0.3) is 11.3 Å². The summed E-state index contributed by atoms with van der Waals surface area (Å²) >= 11 is 0. The monoisotopic (exact) mass is 325 g/mol. The fourth-order valence-electron chi connectivity index (χ4n) is 2.17. The van der Waals surface area contributed by atoms with E-state index in [0.29, 0.717) is 12.1 Å². The van der Waals surface area contributed by atoms with E-state index in [2.05, 4.69) is 22.0 Å². The minimum atomic E-state index is -0.307. The predicted octanol–water partition coefficient (Wildman–Crippen LogP) is 3.54. The third kappa shape index (κ3) is 4.50. The fourth-order valence-corrected chi connectivity index (χ4v) is 2.17. The normalized spacial score (nSPS) is 11.7. The average molecular weight is 325 g/mol. The number of halogens is 1. The molecule has 0 amide bonds. The summed E-state index contributed by atoms with van der Waals surface area (Å²) < 4.78 is 13.2. The zero-order valence-corrected chi connectivity index (χ0v) is 13.5. The molecule has 2 aromatic rings. The Labute approximate surface area is 140 Å². The van der Waals surface area contributed by atoms with Gasteiger partial charge in [0, 0.05) is 11.8 Å². The first-order valence-corrected chi connectivity index (χ1v) is 7.39. The van der Waals surface area contributed by atoms with E-state index < -0.39 is 0 Å². The molecule has 0 fully saturated rings. The minimum absolute atomic E-state index is 0.212. The molecule has 124 valence electrons. The zero-order chi connectivity index (χ0) is 17.5. The van der Waals surface area contributed by atoms with Crippen LogP contribution in [-0.4, -0.2) is 9.97 Å². The van der Waals surface area contributed by atoms with Crippen LogP contribution in [-0.2, 0) is 6.42 Å². The van der Waals surface area contributed by atoms with E-state index in [9.17, 15) is 4.39 Å². The maximum Gasteiger partial charge on any atom is 0.220 e. The van der Waals surface area contributed by atoms with Crippen molar-refractivity contribution in [1.82, 2.24) is 9.97 Å². The molecule has 0 bridgehead atoms. The molecule has 0 spiro atoms. The van der Waals surface area contributed by atoms with Crippen molar-refractivity contribution < 1.29 is 4.39 Å². The highest BCUT2D eigenvalue weighted by Gasteiger charge is 2.07. The largest absolute Gasteiger partial charge is 0.368 e. The van der Waals surface area contributed by atoms with Crippen LogP contribution in [0.15, 0.2) is 66.7 Å². The molecule has 0 radical (unpaired) electrons. The first kappa shape index (κ1) is 17.4. The van der Waals surface area contributed by atoms with Gasteiger partial charge in [-0.2, -0.15) is 0 Å². The number of rotatable bonds is 6. The molecule has 0 atom stereocenters. The van der Waals surface area contributed by atoms with Gasteiger partial charge in [0.05, 0.1) is 11.4 Å². The lowest BCUT2D eigenvalue weighted by atomic mass is 10.00. The van der Waals surface area contributed by atoms with Gasteiger partial charge in [-0.05, 0) is 43.2 Å². The maximum absolute atomic E-state index is 13.2. The van der Waals surface area contributed by atoms with Crippen molar-refractivity contribution in [3.63, 3.8) is 0 Å². The Kier molecular flexibility index (Phi) is 5.81. The number of aromatic nitrogens is 2. The molecule has 24 heavy (non-hydrogen) atoms. The molecule has 6 heteroatoms. The Hall–Kier alpha value is -2.99. The van der Waals surface area contributed by atoms with Crippen LogP contribution in [0.2, 0.25) is 0 Å². The molecule has 0 saturated carbocycles. The van der Waals surface area contributed by atoms with Gasteiger partial charge in [-0.3, -0.25) is 5.84 Å². The standard InChI is InChI=1S/C18H20FN5/c1-3-15(19)6-4-12(2)10-14-11-13(5-7-17(14)24-21)16-8-9-22-18(20)23-16/h3-9,11,24H,2,10,21H2,1H3,(H2,20,22,23)/b6-4-,15-3+. The van der Waals surface area contributed by atoms with E-state index in [1.807, 2.05) is 18.2 Å². The van der Waals surface area contributed by atoms with E-state index in [-0.39, 0.29) is 11.8 Å². The molecule has 1 aromatic carbocycles. The second-order valence-electron chi connectivity index (χ2n) is 5.16. The van der Waals surface area contributed by atoms with E-state index in [0.717, 1.165) is 22.4 Å². The van der Waals surface area contributed by atoms with Crippen molar-refractivity contribution in [2.75, 3.05) is 11.2 Å². The highest BCUT2D eigenvalue weighted by Crippen LogP contribution is 2.26. The molecule has 5 N–H and O–H groups in total. The Morgan fingerprint density at radius 1 is 1.33 bits per heavy atom. The van der Waals surface area contributed by atoms with E-state index in [1.54, 1.807) is 25.3 Å². The molecule has 2 rings (SSSR count). The van der Waals surface area contributed by atoms with Crippen molar-refractivity contribution in [1.29, 1.82) is 0 Å². The summed E-state index contributed by atoms with van der Waals surface area (Å²) in [5, 5.41) is 0. The van der Waals surface area contributed by atoms with E-state index in [4.69, 9.17) is 11.6 Å². The highest BCUT2D eigenvalue weighted by molar-refractivity contribution is 5.66. The highest BCUT2D eigenvalue weighted by atomic mass is 19.1. The third-order valence-electron chi connectivity index (χ3n) is 3.40. The summed E-state index contributed by atoms with van der Waals surface area (Å²) in [6, 6.07) is 7.47. The van der Waals surface area contributed by atoms with E-state index in [1.165, 1.54) is 12.2 Å². The van der Waals surface area contributed by atoms with Crippen LogP contribution in [0.3, 0.4) is 0 Å². The van der Waals surface area contributed by atoms with Crippen LogP contribution in [0.4, 0.5) is 16.0 Å². The topological polar surface area (TPSA) is 89.8 Å². The van der Waals surface area contributed by atoms with Crippen LogP contribution in [0, 0.1) is 0 Å². The summed E-state index contributed by atoms with van der Waals surface area (Å²) in [7, 11) is 0.